The molecule has 3 fully saturated rings. The van der Waals surface area contributed by atoms with E-state index in [-0.39, 0.29) is 4.90 Å². The summed E-state index contributed by atoms with van der Waals surface area (Å²) in [7, 11) is -1.86. The number of likely N-dealkylation sites (tertiary alicyclic amines) is 1. The first-order valence-corrected chi connectivity index (χ1v) is 14.3. The molecule has 4 atom stereocenters. The van der Waals surface area contributed by atoms with Crippen molar-refractivity contribution in [2.45, 2.75) is 99.9 Å². The molecule has 4 unspecified atom stereocenters. The van der Waals surface area contributed by atoms with E-state index in [2.05, 4.69) is 32.9 Å². The highest BCUT2D eigenvalue weighted by Crippen LogP contribution is 2.41. The zero-order chi connectivity index (χ0) is 24.1. The van der Waals surface area contributed by atoms with Crippen LogP contribution in [0.1, 0.15) is 65.2 Å². The largest absolute Gasteiger partial charge is 0.300 e. The first-order chi connectivity index (χ1) is 16.1. The Morgan fingerprint density at radius 1 is 1.12 bits per heavy atom. The maximum Gasteiger partial charge on any atom is 0.244 e. The quantitative estimate of drug-likeness (QED) is 0.681. The summed E-state index contributed by atoms with van der Waals surface area (Å²) in [6.07, 6.45) is 11.4. The summed E-state index contributed by atoms with van der Waals surface area (Å²) in [5.74, 6) is 1.01. The van der Waals surface area contributed by atoms with Crippen LogP contribution >= 0.6 is 0 Å². The van der Waals surface area contributed by atoms with Crippen molar-refractivity contribution >= 4 is 16.2 Å². The van der Waals surface area contributed by atoms with Crippen molar-refractivity contribution in [1.82, 2.24) is 24.4 Å². The highest BCUT2D eigenvalue weighted by molar-refractivity contribution is 7.89. The average molecular weight is 495 g/mol. The molecule has 3 heterocycles. The van der Waals surface area contributed by atoms with E-state index < -0.39 is 21.7 Å². The van der Waals surface area contributed by atoms with Gasteiger partial charge in [0, 0.05) is 56.1 Å². The number of aromatic nitrogens is 2. The predicted molar refractivity (Wildman–Crippen MR) is 130 cm³/mol. The molecule has 2 saturated carbocycles. The summed E-state index contributed by atoms with van der Waals surface area (Å²) in [5.41, 5.74) is -0.452. The Morgan fingerprint density at radius 3 is 2.47 bits per heavy atom. The number of hydrazone groups is 1. The second kappa shape index (κ2) is 9.17. The van der Waals surface area contributed by atoms with Crippen molar-refractivity contribution in [3.05, 3.63) is 12.4 Å². The van der Waals surface area contributed by atoms with Crippen LogP contribution in [0.4, 0.5) is 4.39 Å². The third kappa shape index (κ3) is 4.78. The van der Waals surface area contributed by atoms with Crippen molar-refractivity contribution < 1.29 is 12.8 Å². The standard InChI is InChI=1S/C24H39FN6O2S/c1-17-12-23-18(14-27-31(23)20-6-4-19(25)5-7-20)13-22(17)30-10-8-24(2,9-11-30)28-34(32,33)21-15-26-29(3)16-21/h14-20,22-23,28H,4-13H2,1-3H3. The molecule has 0 bridgehead atoms. The number of hydrogen-bond acceptors (Lipinski definition) is 6. The molecular weight excluding hydrogens is 455 g/mol. The fraction of sp³-hybridized carbons (Fsp3) is 0.833. The SMILES string of the molecule is CC1CC2C(C=NN2C2CCC(F)CC2)CC1N1CCC(C)(NS(=O)(=O)c2cnn(C)c2)CC1. The fourth-order valence-electron chi connectivity index (χ4n) is 6.64. The number of aryl methyl sites for hydroxylation is 1. The number of nitrogens with zero attached hydrogens (tertiary/aromatic N) is 5. The minimum absolute atomic E-state index is 0.218. The van der Waals surface area contributed by atoms with E-state index in [4.69, 9.17) is 5.10 Å². The van der Waals surface area contributed by atoms with E-state index >= 15 is 0 Å². The summed E-state index contributed by atoms with van der Waals surface area (Å²) < 4.78 is 43.8. The summed E-state index contributed by atoms with van der Waals surface area (Å²) in [5, 5.41) is 11.1. The second-order valence-electron chi connectivity index (χ2n) is 11.3. The van der Waals surface area contributed by atoms with Gasteiger partial charge in [0.25, 0.3) is 0 Å². The first kappa shape index (κ1) is 24.2. The van der Waals surface area contributed by atoms with Crippen LogP contribution in [0.3, 0.4) is 0 Å². The number of piperidine rings is 1. The molecule has 5 rings (SSSR count). The summed E-state index contributed by atoms with van der Waals surface area (Å²) in [6.45, 7) is 6.15. The number of alkyl halides is 1. The molecule has 4 aliphatic rings. The molecule has 2 aliphatic heterocycles. The Labute approximate surface area is 203 Å². The van der Waals surface area contributed by atoms with Crippen LogP contribution in [0.25, 0.3) is 0 Å². The van der Waals surface area contributed by atoms with Crippen molar-refractivity contribution in [1.29, 1.82) is 0 Å². The minimum atomic E-state index is -3.58. The molecule has 1 N–H and O–H groups in total. The van der Waals surface area contributed by atoms with Gasteiger partial charge in [0.15, 0.2) is 0 Å². The normalized spacial score (nSPS) is 36.5. The van der Waals surface area contributed by atoms with E-state index in [1.807, 2.05) is 6.92 Å². The summed E-state index contributed by atoms with van der Waals surface area (Å²) in [4.78, 5) is 2.79. The van der Waals surface area contributed by atoms with Crippen molar-refractivity contribution in [3.63, 3.8) is 0 Å². The lowest BCUT2D eigenvalue weighted by atomic mass is 9.74. The summed E-state index contributed by atoms with van der Waals surface area (Å²) in [6, 6.07) is 1.34. The first-order valence-electron chi connectivity index (χ1n) is 12.9. The van der Waals surface area contributed by atoms with Crippen molar-refractivity contribution in [2.24, 2.45) is 24.0 Å². The van der Waals surface area contributed by atoms with Crippen LogP contribution in [-0.4, -0.2) is 77.2 Å². The molecule has 10 heteroatoms. The maximum absolute atomic E-state index is 13.6. The smallest absolute Gasteiger partial charge is 0.244 e. The van der Waals surface area contributed by atoms with Crippen molar-refractivity contribution in [2.75, 3.05) is 13.1 Å². The van der Waals surface area contributed by atoms with Gasteiger partial charge in [0.1, 0.15) is 11.1 Å². The van der Waals surface area contributed by atoms with Gasteiger partial charge in [-0.3, -0.25) is 14.6 Å². The van der Waals surface area contributed by atoms with Gasteiger partial charge in [-0.05, 0) is 64.2 Å². The molecule has 0 radical (unpaired) electrons. The lowest BCUT2D eigenvalue weighted by Crippen LogP contribution is -2.58. The number of sulfonamides is 1. The number of hydrogen-bond donors (Lipinski definition) is 1. The van der Waals surface area contributed by atoms with Gasteiger partial charge in [-0.2, -0.15) is 10.2 Å². The van der Waals surface area contributed by atoms with Crippen LogP contribution in [0, 0.1) is 11.8 Å². The average Bonchev–Trinajstić information content (AvgIpc) is 3.40. The Kier molecular flexibility index (Phi) is 6.52. The summed E-state index contributed by atoms with van der Waals surface area (Å²) >= 11 is 0. The monoisotopic (exact) mass is 494 g/mol. The molecule has 1 saturated heterocycles. The van der Waals surface area contributed by atoms with Crippen LogP contribution in [0.5, 0.6) is 0 Å². The van der Waals surface area contributed by atoms with Gasteiger partial charge in [-0.15, -0.1) is 0 Å². The van der Waals surface area contributed by atoms with Gasteiger partial charge < -0.3 is 0 Å². The van der Waals surface area contributed by atoms with E-state index in [0.717, 1.165) is 51.6 Å². The predicted octanol–water partition coefficient (Wildman–Crippen LogP) is 2.92. The van der Waals surface area contributed by atoms with Crippen LogP contribution in [-0.2, 0) is 17.1 Å². The van der Waals surface area contributed by atoms with Gasteiger partial charge in [0.05, 0.1) is 12.2 Å². The third-order valence-corrected chi connectivity index (χ3v) is 10.3. The molecule has 8 nitrogen and oxygen atoms in total. The molecule has 34 heavy (non-hydrogen) atoms. The molecule has 1 aromatic heterocycles. The highest BCUT2D eigenvalue weighted by Gasteiger charge is 2.46. The molecule has 2 aliphatic carbocycles. The second-order valence-corrected chi connectivity index (χ2v) is 13.0. The van der Waals surface area contributed by atoms with Gasteiger partial charge >= 0.3 is 0 Å². The molecule has 0 aromatic carbocycles. The Bertz CT molecular complexity index is 997. The molecular formula is C24H39FN6O2S. The maximum atomic E-state index is 13.6. The van der Waals surface area contributed by atoms with Gasteiger partial charge in [-0.25, -0.2) is 17.5 Å². The molecule has 0 spiro atoms. The third-order valence-electron chi connectivity index (χ3n) is 8.75. The fourth-order valence-corrected chi connectivity index (χ4v) is 8.09. The van der Waals surface area contributed by atoms with Gasteiger partial charge in [-0.1, -0.05) is 6.92 Å². The lowest BCUT2D eigenvalue weighted by Gasteiger charge is -2.49. The Balaban J connectivity index is 1.17. The number of rotatable bonds is 5. The lowest BCUT2D eigenvalue weighted by molar-refractivity contribution is 0.00884. The molecule has 1 aromatic rings. The molecule has 0 amide bonds. The van der Waals surface area contributed by atoms with E-state index in [1.165, 1.54) is 17.1 Å². The number of halogens is 1. The van der Waals surface area contributed by atoms with Crippen LogP contribution in [0.2, 0.25) is 0 Å². The topological polar surface area (TPSA) is 82.8 Å². The van der Waals surface area contributed by atoms with E-state index in [1.54, 1.807) is 7.05 Å². The van der Waals surface area contributed by atoms with Gasteiger partial charge in [0.2, 0.25) is 10.0 Å². The Morgan fingerprint density at radius 2 is 1.82 bits per heavy atom. The number of nitrogens with one attached hydrogen (secondary N) is 1. The zero-order valence-electron chi connectivity index (χ0n) is 20.6. The zero-order valence-corrected chi connectivity index (χ0v) is 21.4. The number of fused-ring (bicyclic) bond motifs is 1. The van der Waals surface area contributed by atoms with Crippen LogP contribution in [0.15, 0.2) is 22.4 Å². The van der Waals surface area contributed by atoms with E-state index in [9.17, 15) is 12.8 Å². The molecule has 190 valence electrons. The van der Waals surface area contributed by atoms with E-state index in [0.29, 0.717) is 42.8 Å². The minimum Gasteiger partial charge on any atom is -0.300 e. The van der Waals surface area contributed by atoms with Crippen LogP contribution < -0.4 is 4.72 Å². The van der Waals surface area contributed by atoms with Crippen molar-refractivity contribution in [3.8, 4) is 0 Å². The Hall–Kier alpha value is -1.52. The highest BCUT2D eigenvalue weighted by atomic mass is 32.2.